The first kappa shape index (κ1) is 15.5. The van der Waals surface area contributed by atoms with Crippen molar-refractivity contribution in [2.75, 3.05) is 6.54 Å². The van der Waals surface area contributed by atoms with Crippen molar-refractivity contribution in [2.45, 2.75) is 38.6 Å². The van der Waals surface area contributed by atoms with Crippen molar-refractivity contribution in [3.63, 3.8) is 0 Å². The van der Waals surface area contributed by atoms with Gasteiger partial charge < -0.3 is 10.0 Å². The zero-order valence-corrected chi connectivity index (χ0v) is 11.5. The third-order valence-corrected chi connectivity index (χ3v) is 3.68. The Hall–Kier alpha value is -1.58. The van der Waals surface area contributed by atoms with Crippen LogP contribution in [0.4, 0.5) is 0 Å². The van der Waals surface area contributed by atoms with E-state index in [2.05, 4.69) is 13.2 Å². The maximum atomic E-state index is 12.5. The van der Waals surface area contributed by atoms with Crippen LogP contribution in [0.15, 0.2) is 25.3 Å². The largest absolute Gasteiger partial charge is 0.480 e. The molecule has 1 aliphatic rings. The van der Waals surface area contributed by atoms with Crippen LogP contribution in [-0.4, -0.2) is 34.5 Å². The van der Waals surface area contributed by atoms with Gasteiger partial charge in [0.15, 0.2) is 0 Å². The van der Waals surface area contributed by atoms with E-state index < -0.39 is 12.0 Å². The fourth-order valence-corrected chi connectivity index (χ4v) is 2.57. The lowest BCUT2D eigenvalue weighted by Gasteiger charge is -2.37. The molecule has 1 N–H and O–H groups in total. The first-order valence-electron chi connectivity index (χ1n) is 6.76. The number of piperidine rings is 1. The lowest BCUT2D eigenvalue weighted by Crippen LogP contribution is -2.51. The maximum Gasteiger partial charge on any atom is 0.326 e. The van der Waals surface area contributed by atoms with Gasteiger partial charge in [-0.3, -0.25) is 4.79 Å². The number of aliphatic carboxylic acids is 1. The monoisotopic (exact) mass is 265 g/mol. The minimum Gasteiger partial charge on any atom is -0.480 e. The van der Waals surface area contributed by atoms with Crippen molar-refractivity contribution >= 4 is 11.9 Å². The third-order valence-electron chi connectivity index (χ3n) is 3.68. The summed E-state index contributed by atoms with van der Waals surface area (Å²) in [5.41, 5.74) is 0. The van der Waals surface area contributed by atoms with E-state index in [1.807, 2.05) is 6.92 Å². The SMILES string of the molecule is C=CCC(CC=C)C(=O)N1CCC(C)CC1C(=O)O. The topological polar surface area (TPSA) is 57.6 Å². The molecule has 1 amide bonds. The second-order valence-corrected chi connectivity index (χ2v) is 5.26. The average molecular weight is 265 g/mol. The number of amides is 1. The summed E-state index contributed by atoms with van der Waals surface area (Å²) in [5.74, 6) is -0.873. The molecule has 2 unspecified atom stereocenters. The molecule has 106 valence electrons. The summed E-state index contributed by atoms with van der Waals surface area (Å²) in [6, 6.07) is -0.687. The molecule has 1 saturated heterocycles. The summed E-state index contributed by atoms with van der Waals surface area (Å²) >= 11 is 0. The molecule has 1 aliphatic heterocycles. The number of carboxylic acids is 1. The van der Waals surface area contributed by atoms with Gasteiger partial charge in [-0.05, 0) is 31.6 Å². The third kappa shape index (κ3) is 3.94. The van der Waals surface area contributed by atoms with E-state index in [1.54, 1.807) is 12.2 Å². The molecule has 2 atom stereocenters. The van der Waals surface area contributed by atoms with Crippen LogP contribution in [0.5, 0.6) is 0 Å². The molecule has 4 nitrogen and oxygen atoms in total. The zero-order valence-electron chi connectivity index (χ0n) is 11.5. The van der Waals surface area contributed by atoms with E-state index in [9.17, 15) is 14.7 Å². The predicted molar refractivity (Wildman–Crippen MR) is 74.7 cm³/mol. The average Bonchev–Trinajstić information content (AvgIpc) is 2.37. The molecule has 0 aliphatic carbocycles. The van der Waals surface area contributed by atoms with Crippen molar-refractivity contribution in [1.82, 2.24) is 4.90 Å². The van der Waals surface area contributed by atoms with E-state index >= 15 is 0 Å². The Morgan fingerprint density at radius 3 is 2.42 bits per heavy atom. The van der Waals surface area contributed by atoms with Gasteiger partial charge in [0.2, 0.25) is 5.91 Å². The number of hydrogen-bond donors (Lipinski definition) is 1. The van der Waals surface area contributed by atoms with Gasteiger partial charge in [-0.25, -0.2) is 4.79 Å². The highest BCUT2D eigenvalue weighted by atomic mass is 16.4. The smallest absolute Gasteiger partial charge is 0.326 e. The molecule has 0 aromatic heterocycles. The Bertz CT molecular complexity index is 354. The first-order valence-corrected chi connectivity index (χ1v) is 6.76. The summed E-state index contributed by atoms with van der Waals surface area (Å²) in [6.07, 6.45) is 5.93. The molecule has 1 fully saturated rings. The standard InChI is InChI=1S/C15H23NO3/c1-4-6-12(7-5-2)14(17)16-9-8-11(3)10-13(16)15(18)19/h4-5,11-13H,1-2,6-10H2,3H3,(H,18,19). The Labute approximate surface area is 114 Å². The van der Waals surface area contributed by atoms with Crippen molar-refractivity contribution in [2.24, 2.45) is 11.8 Å². The van der Waals surface area contributed by atoms with Crippen molar-refractivity contribution in [1.29, 1.82) is 0 Å². The van der Waals surface area contributed by atoms with Crippen LogP contribution in [0.25, 0.3) is 0 Å². The minimum absolute atomic E-state index is 0.0842. The highest BCUT2D eigenvalue weighted by Crippen LogP contribution is 2.26. The Morgan fingerprint density at radius 2 is 1.95 bits per heavy atom. The van der Waals surface area contributed by atoms with Gasteiger partial charge in [0.25, 0.3) is 0 Å². The van der Waals surface area contributed by atoms with Crippen LogP contribution in [0.3, 0.4) is 0 Å². The fourth-order valence-electron chi connectivity index (χ4n) is 2.57. The summed E-state index contributed by atoms with van der Waals surface area (Å²) in [4.78, 5) is 25.3. The number of rotatable bonds is 6. The highest BCUT2D eigenvalue weighted by molar-refractivity contribution is 5.85. The van der Waals surface area contributed by atoms with Gasteiger partial charge in [-0.1, -0.05) is 19.1 Å². The molecule has 19 heavy (non-hydrogen) atoms. The van der Waals surface area contributed by atoms with E-state index in [0.717, 1.165) is 6.42 Å². The van der Waals surface area contributed by atoms with E-state index in [-0.39, 0.29) is 11.8 Å². The number of likely N-dealkylation sites (tertiary alicyclic amines) is 1. The van der Waals surface area contributed by atoms with Crippen LogP contribution < -0.4 is 0 Å². The van der Waals surface area contributed by atoms with Crippen LogP contribution in [0.1, 0.15) is 32.6 Å². The van der Waals surface area contributed by atoms with Crippen molar-refractivity contribution < 1.29 is 14.7 Å². The van der Waals surface area contributed by atoms with E-state index in [1.165, 1.54) is 4.90 Å². The number of nitrogens with zero attached hydrogens (tertiary/aromatic N) is 1. The normalized spacial score (nSPS) is 23.2. The molecular weight excluding hydrogens is 242 g/mol. The Kier molecular flexibility index (Phi) is 5.80. The van der Waals surface area contributed by atoms with Gasteiger partial charge in [0.1, 0.15) is 6.04 Å². The van der Waals surface area contributed by atoms with Crippen molar-refractivity contribution in [3.05, 3.63) is 25.3 Å². The molecule has 1 heterocycles. The molecule has 0 spiro atoms. The quantitative estimate of drug-likeness (QED) is 0.751. The Balaban J connectivity index is 2.84. The lowest BCUT2D eigenvalue weighted by molar-refractivity contribution is -0.154. The second-order valence-electron chi connectivity index (χ2n) is 5.26. The molecule has 4 heteroatoms. The van der Waals surface area contributed by atoms with Crippen LogP contribution in [0, 0.1) is 11.8 Å². The summed E-state index contributed by atoms with van der Waals surface area (Å²) in [6.45, 7) is 9.87. The highest BCUT2D eigenvalue weighted by Gasteiger charge is 2.36. The van der Waals surface area contributed by atoms with Crippen LogP contribution in [0.2, 0.25) is 0 Å². The number of allylic oxidation sites excluding steroid dienone is 2. The van der Waals surface area contributed by atoms with Gasteiger partial charge in [-0.2, -0.15) is 0 Å². The van der Waals surface area contributed by atoms with Gasteiger partial charge in [0, 0.05) is 12.5 Å². The second kappa shape index (κ2) is 7.12. The van der Waals surface area contributed by atoms with Gasteiger partial charge >= 0.3 is 5.97 Å². The van der Waals surface area contributed by atoms with E-state index in [0.29, 0.717) is 31.7 Å². The molecule has 0 aromatic rings. The van der Waals surface area contributed by atoms with Gasteiger partial charge in [-0.15, -0.1) is 13.2 Å². The molecule has 0 bridgehead atoms. The molecule has 1 rings (SSSR count). The number of hydrogen-bond acceptors (Lipinski definition) is 2. The molecule has 0 aromatic carbocycles. The number of carbonyl (C=O) groups is 2. The number of carbonyl (C=O) groups excluding carboxylic acids is 1. The first-order chi connectivity index (χ1) is 9.01. The van der Waals surface area contributed by atoms with Gasteiger partial charge in [0.05, 0.1) is 0 Å². The van der Waals surface area contributed by atoms with Crippen LogP contribution >= 0.6 is 0 Å². The summed E-state index contributed by atoms with van der Waals surface area (Å²) in [7, 11) is 0. The summed E-state index contributed by atoms with van der Waals surface area (Å²) < 4.78 is 0. The lowest BCUT2D eigenvalue weighted by atomic mass is 9.90. The molecular formula is C15H23NO3. The summed E-state index contributed by atoms with van der Waals surface area (Å²) in [5, 5.41) is 9.28. The maximum absolute atomic E-state index is 12.5. The number of carboxylic acid groups (broad SMARTS) is 1. The molecule has 0 saturated carbocycles. The zero-order chi connectivity index (χ0) is 14.4. The Morgan fingerprint density at radius 1 is 1.37 bits per heavy atom. The minimum atomic E-state index is -0.907. The van der Waals surface area contributed by atoms with Crippen LogP contribution in [-0.2, 0) is 9.59 Å². The predicted octanol–water partition coefficient (Wildman–Crippen LogP) is 2.47. The molecule has 0 radical (unpaired) electrons. The van der Waals surface area contributed by atoms with E-state index in [4.69, 9.17) is 0 Å². The fraction of sp³-hybridized carbons (Fsp3) is 0.600. The van der Waals surface area contributed by atoms with Crippen molar-refractivity contribution in [3.8, 4) is 0 Å².